The molecular weight excluding hydrogens is 376 g/mol. The van der Waals surface area contributed by atoms with Crippen molar-refractivity contribution in [3.05, 3.63) is 64.7 Å². The van der Waals surface area contributed by atoms with Gasteiger partial charge < -0.3 is 4.90 Å². The van der Waals surface area contributed by atoms with Crippen LogP contribution in [0.4, 0.5) is 5.13 Å². The summed E-state index contributed by atoms with van der Waals surface area (Å²) >= 11 is 7.44. The van der Waals surface area contributed by atoms with Crippen molar-refractivity contribution in [2.24, 2.45) is 0 Å². The molecule has 0 saturated carbocycles. The Hall–Kier alpha value is -1.95. The maximum atomic E-state index is 5.96. The lowest BCUT2D eigenvalue weighted by Gasteiger charge is -2.34. The monoisotopic (exact) mass is 398 g/mol. The van der Waals surface area contributed by atoms with Gasteiger partial charge >= 0.3 is 0 Å². The minimum Gasteiger partial charge on any atom is -0.344 e. The zero-order valence-corrected chi connectivity index (χ0v) is 17.0. The van der Waals surface area contributed by atoms with Gasteiger partial charge in [-0.1, -0.05) is 41.4 Å². The molecular formula is C21H23ClN4S. The molecule has 1 aliphatic heterocycles. The topological polar surface area (TPSA) is 32.3 Å². The molecule has 1 fully saturated rings. The summed E-state index contributed by atoms with van der Waals surface area (Å²) in [5, 5.41) is 1.74. The van der Waals surface area contributed by atoms with E-state index in [0.717, 1.165) is 60.7 Å². The first-order valence-electron chi connectivity index (χ1n) is 9.30. The lowest BCUT2D eigenvalue weighted by molar-refractivity contribution is 0.261. The SMILES string of the molecule is Cc1ccc(CCN2CCN(c3nc(-c4ccc(Cl)cc4)ns3)CC2)cc1. The maximum absolute atomic E-state index is 5.96. The van der Waals surface area contributed by atoms with Crippen molar-refractivity contribution in [2.45, 2.75) is 13.3 Å². The van der Waals surface area contributed by atoms with E-state index in [-0.39, 0.29) is 0 Å². The second-order valence-corrected chi connectivity index (χ2v) is 8.14. The number of benzene rings is 2. The molecule has 0 bridgehead atoms. The summed E-state index contributed by atoms with van der Waals surface area (Å²) < 4.78 is 4.53. The van der Waals surface area contributed by atoms with E-state index in [9.17, 15) is 0 Å². The summed E-state index contributed by atoms with van der Waals surface area (Å²) in [6.45, 7) is 7.40. The largest absolute Gasteiger partial charge is 0.344 e. The van der Waals surface area contributed by atoms with Crippen molar-refractivity contribution in [3.63, 3.8) is 0 Å². The average molecular weight is 399 g/mol. The van der Waals surface area contributed by atoms with Crippen LogP contribution in [0.2, 0.25) is 5.02 Å². The first-order valence-corrected chi connectivity index (χ1v) is 10.4. The van der Waals surface area contributed by atoms with Gasteiger partial charge in [0.05, 0.1) is 0 Å². The molecule has 4 nitrogen and oxygen atoms in total. The molecule has 0 unspecified atom stereocenters. The van der Waals surface area contributed by atoms with Crippen molar-refractivity contribution in [1.29, 1.82) is 0 Å². The van der Waals surface area contributed by atoms with Crippen LogP contribution in [0.5, 0.6) is 0 Å². The van der Waals surface area contributed by atoms with Crippen LogP contribution in [0, 0.1) is 6.92 Å². The van der Waals surface area contributed by atoms with Crippen LogP contribution in [0.25, 0.3) is 11.4 Å². The van der Waals surface area contributed by atoms with Gasteiger partial charge in [-0.3, -0.25) is 4.90 Å². The molecule has 0 atom stereocenters. The van der Waals surface area contributed by atoms with E-state index < -0.39 is 0 Å². The van der Waals surface area contributed by atoms with Crippen LogP contribution in [-0.4, -0.2) is 47.0 Å². The van der Waals surface area contributed by atoms with Gasteiger partial charge in [-0.25, -0.2) is 0 Å². The molecule has 4 rings (SSSR count). The van der Waals surface area contributed by atoms with Crippen LogP contribution < -0.4 is 4.90 Å². The van der Waals surface area contributed by atoms with Crippen LogP contribution in [0.3, 0.4) is 0 Å². The molecule has 6 heteroatoms. The highest BCUT2D eigenvalue weighted by molar-refractivity contribution is 7.09. The number of hydrogen-bond donors (Lipinski definition) is 0. The van der Waals surface area contributed by atoms with Crippen molar-refractivity contribution >= 4 is 28.3 Å². The van der Waals surface area contributed by atoms with Crippen molar-refractivity contribution < 1.29 is 0 Å². The van der Waals surface area contributed by atoms with Crippen LogP contribution in [-0.2, 0) is 6.42 Å². The molecule has 3 aromatic rings. The lowest BCUT2D eigenvalue weighted by Crippen LogP contribution is -2.47. The molecule has 0 spiro atoms. The van der Waals surface area contributed by atoms with Crippen molar-refractivity contribution in [1.82, 2.24) is 14.3 Å². The highest BCUT2D eigenvalue weighted by Gasteiger charge is 2.20. The van der Waals surface area contributed by atoms with Gasteiger partial charge in [-0.05, 0) is 43.2 Å². The Labute approximate surface area is 169 Å². The fourth-order valence-electron chi connectivity index (χ4n) is 3.26. The molecule has 0 aliphatic carbocycles. The standard InChI is InChI=1S/C21H23ClN4S/c1-16-2-4-17(5-3-16)10-11-25-12-14-26(15-13-25)21-23-20(24-27-21)18-6-8-19(22)9-7-18/h2-9H,10-15H2,1H3. The van der Waals surface area contributed by atoms with E-state index in [2.05, 4.69) is 45.4 Å². The molecule has 0 radical (unpaired) electrons. The van der Waals surface area contributed by atoms with Gasteiger partial charge in [-0.2, -0.15) is 9.36 Å². The second kappa shape index (κ2) is 8.38. The molecule has 1 aromatic heterocycles. The van der Waals surface area contributed by atoms with Crippen molar-refractivity contribution in [2.75, 3.05) is 37.6 Å². The third-order valence-electron chi connectivity index (χ3n) is 5.00. The lowest BCUT2D eigenvalue weighted by atomic mass is 10.1. The molecule has 27 heavy (non-hydrogen) atoms. The first-order chi connectivity index (χ1) is 13.2. The Morgan fingerprint density at radius 2 is 1.67 bits per heavy atom. The third-order valence-corrected chi connectivity index (χ3v) is 6.03. The van der Waals surface area contributed by atoms with E-state index in [1.807, 2.05) is 24.3 Å². The minimum atomic E-state index is 0.732. The van der Waals surface area contributed by atoms with Gasteiger partial charge in [0.1, 0.15) is 0 Å². The number of piperazine rings is 1. The summed E-state index contributed by atoms with van der Waals surface area (Å²) in [5.74, 6) is 0.786. The molecule has 0 amide bonds. The number of hydrogen-bond acceptors (Lipinski definition) is 5. The van der Waals surface area contributed by atoms with Crippen LogP contribution in [0.15, 0.2) is 48.5 Å². The van der Waals surface area contributed by atoms with E-state index in [4.69, 9.17) is 16.6 Å². The van der Waals surface area contributed by atoms with E-state index in [1.165, 1.54) is 22.7 Å². The fourth-order valence-corrected chi connectivity index (χ4v) is 4.13. The van der Waals surface area contributed by atoms with Gasteiger partial charge in [0.2, 0.25) is 5.13 Å². The molecule has 1 saturated heterocycles. The Balaban J connectivity index is 1.30. The molecule has 0 N–H and O–H groups in total. The minimum absolute atomic E-state index is 0.732. The Kier molecular flexibility index (Phi) is 5.72. The Morgan fingerprint density at radius 3 is 2.37 bits per heavy atom. The quantitative estimate of drug-likeness (QED) is 0.632. The summed E-state index contributed by atoms with van der Waals surface area (Å²) in [4.78, 5) is 9.62. The maximum Gasteiger partial charge on any atom is 0.205 e. The summed E-state index contributed by atoms with van der Waals surface area (Å²) in [7, 11) is 0. The highest BCUT2D eigenvalue weighted by Crippen LogP contribution is 2.25. The van der Waals surface area contributed by atoms with E-state index in [1.54, 1.807) is 0 Å². The zero-order valence-electron chi connectivity index (χ0n) is 15.4. The number of halogens is 1. The second-order valence-electron chi connectivity index (χ2n) is 6.97. The Morgan fingerprint density at radius 1 is 0.963 bits per heavy atom. The van der Waals surface area contributed by atoms with Gasteiger partial charge in [0.25, 0.3) is 0 Å². The summed E-state index contributed by atoms with van der Waals surface area (Å²) in [5.41, 5.74) is 3.75. The summed E-state index contributed by atoms with van der Waals surface area (Å²) in [6, 6.07) is 16.6. The Bertz CT molecular complexity index is 868. The number of nitrogens with zero attached hydrogens (tertiary/aromatic N) is 4. The summed E-state index contributed by atoms with van der Waals surface area (Å²) in [6.07, 6.45) is 1.11. The highest BCUT2D eigenvalue weighted by atomic mass is 35.5. The molecule has 2 aromatic carbocycles. The molecule has 1 aliphatic rings. The van der Waals surface area contributed by atoms with Gasteiger partial charge in [-0.15, -0.1) is 0 Å². The molecule has 140 valence electrons. The fraction of sp³-hybridized carbons (Fsp3) is 0.333. The smallest absolute Gasteiger partial charge is 0.205 e. The van der Waals surface area contributed by atoms with Crippen LogP contribution >= 0.6 is 23.1 Å². The number of anilines is 1. The van der Waals surface area contributed by atoms with Crippen molar-refractivity contribution in [3.8, 4) is 11.4 Å². The van der Waals surface area contributed by atoms with E-state index >= 15 is 0 Å². The van der Waals surface area contributed by atoms with Gasteiger partial charge in [0.15, 0.2) is 5.82 Å². The third kappa shape index (κ3) is 4.67. The van der Waals surface area contributed by atoms with Gasteiger partial charge in [0, 0.05) is 54.8 Å². The zero-order chi connectivity index (χ0) is 18.6. The van der Waals surface area contributed by atoms with E-state index in [0.29, 0.717) is 0 Å². The number of aromatic nitrogens is 2. The molecule has 2 heterocycles. The predicted molar refractivity (Wildman–Crippen MR) is 114 cm³/mol. The predicted octanol–water partition coefficient (Wildman–Crippen LogP) is 4.53. The number of aryl methyl sites for hydroxylation is 1. The number of rotatable bonds is 5. The normalized spacial score (nSPS) is 15.3. The average Bonchev–Trinajstić information content (AvgIpc) is 3.19. The van der Waals surface area contributed by atoms with Crippen LogP contribution in [0.1, 0.15) is 11.1 Å². The first kappa shape index (κ1) is 18.4.